The maximum atomic E-state index is 10.3. The Morgan fingerprint density at radius 2 is 2.07 bits per heavy atom. The molecule has 0 aliphatic rings. The van der Waals surface area contributed by atoms with Crippen molar-refractivity contribution in [3.8, 4) is 0 Å². The predicted molar refractivity (Wildman–Crippen MR) is 52.5 cm³/mol. The zero-order valence-corrected chi connectivity index (χ0v) is 8.06. The highest BCUT2D eigenvalue weighted by Gasteiger charge is 2.07. The van der Waals surface area contributed by atoms with E-state index < -0.39 is 4.92 Å². The molecule has 0 saturated heterocycles. The molecule has 0 radical (unpaired) electrons. The Bertz CT molecular complexity index is 361. The number of non-ortho nitro benzene ring substituents is 1. The van der Waals surface area contributed by atoms with Crippen LogP contribution in [0, 0.1) is 10.1 Å². The van der Waals surface area contributed by atoms with Gasteiger partial charge in [-0.2, -0.15) is 0 Å². The van der Waals surface area contributed by atoms with Gasteiger partial charge in [-0.25, -0.2) is 0 Å². The third kappa shape index (κ3) is 2.20. The summed E-state index contributed by atoms with van der Waals surface area (Å²) in [7, 11) is 1.42. The van der Waals surface area contributed by atoms with E-state index in [4.69, 9.17) is 16.5 Å². The Kier molecular flexibility index (Phi) is 3.41. The fourth-order valence-electron chi connectivity index (χ4n) is 0.927. The smallest absolute Gasteiger partial charge is 0.269 e. The fraction of sp³-hybridized carbons (Fsp3) is 0.125. The van der Waals surface area contributed by atoms with Crippen LogP contribution in [0.25, 0.3) is 0 Å². The summed E-state index contributed by atoms with van der Waals surface area (Å²) in [5.74, 6) is 0.224. The van der Waals surface area contributed by atoms with Gasteiger partial charge in [0.25, 0.3) is 5.69 Å². The molecule has 5 nitrogen and oxygen atoms in total. The summed E-state index contributed by atoms with van der Waals surface area (Å²) in [4.78, 5) is 9.86. The second kappa shape index (κ2) is 4.57. The number of nitro groups is 1. The highest BCUT2D eigenvalue weighted by molar-refractivity contribution is 6.21. The van der Waals surface area contributed by atoms with Crippen molar-refractivity contribution < 1.29 is 9.66 Å². The first-order chi connectivity index (χ1) is 6.69. The van der Waals surface area contributed by atoms with Gasteiger partial charge in [0.15, 0.2) is 0 Å². The molecule has 14 heavy (non-hydrogen) atoms. The highest BCUT2D eigenvalue weighted by Crippen LogP contribution is 2.13. The van der Waals surface area contributed by atoms with Crippen molar-refractivity contribution in [3.05, 3.63) is 39.9 Å². The Morgan fingerprint density at radius 1 is 1.50 bits per heavy atom. The molecule has 0 aliphatic heterocycles. The topological polar surface area (TPSA) is 64.7 Å². The standard InChI is InChI=1S/C8H7ClN2O3/c1-14-8(10-9)6-2-4-7(5-3-6)11(12)13/h2-5H,1H3. The van der Waals surface area contributed by atoms with Crippen LogP contribution in [0.4, 0.5) is 5.69 Å². The normalized spacial score (nSPS) is 11.1. The second-order valence-electron chi connectivity index (χ2n) is 2.40. The lowest BCUT2D eigenvalue weighted by molar-refractivity contribution is -0.384. The molecule has 0 unspecified atom stereocenters. The van der Waals surface area contributed by atoms with Crippen molar-refractivity contribution in [1.29, 1.82) is 0 Å². The molecule has 0 amide bonds. The number of benzene rings is 1. The van der Waals surface area contributed by atoms with Crippen molar-refractivity contribution in [1.82, 2.24) is 0 Å². The maximum Gasteiger partial charge on any atom is 0.269 e. The number of hydrogen-bond acceptors (Lipinski definition) is 4. The maximum absolute atomic E-state index is 10.3. The first kappa shape index (κ1) is 10.5. The number of hydrogen-bond donors (Lipinski definition) is 0. The lowest BCUT2D eigenvalue weighted by atomic mass is 10.2. The van der Waals surface area contributed by atoms with Crippen LogP contribution in [0.3, 0.4) is 0 Å². The van der Waals surface area contributed by atoms with Gasteiger partial charge in [0.05, 0.1) is 12.0 Å². The molecule has 6 heteroatoms. The number of halogens is 1. The molecule has 0 atom stereocenters. The summed E-state index contributed by atoms with van der Waals surface area (Å²) in [5.41, 5.74) is 0.604. The fourth-order valence-corrected chi connectivity index (χ4v) is 1.09. The van der Waals surface area contributed by atoms with Crippen LogP contribution in [0.15, 0.2) is 28.8 Å². The molecule has 1 aromatic carbocycles. The van der Waals surface area contributed by atoms with Gasteiger partial charge in [-0.05, 0) is 12.1 Å². The Hall–Kier alpha value is -1.62. The van der Waals surface area contributed by atoms with Gasteiger partial charge in [-0.3, -0.25) is 10.1 Å². The minimum absolute atomic E-state index is 0.0128. The molecule has 0 fully saturated rings. The summed E-state index contributed by atoms with van der Waals surface area (Å²) >= 11 is 5.23. The zero-order chi connectivity index (χ0) is 10.6. The van der Waals surface area contributed by atoms with Gasteiger partial charge in [0.2, 0.25) is 5.90 Å². The first-order valence-electron chi connectivity index (χ1n) is 3.67. The van der Waals surface area contributed by atoms with E-state index in [1.807, 2.05) is 0 Å². The van der Waals surface area contributed by atoms with E-state index in [1.54, 1.807) is 0 Å². The molecular weight excluding hydrogens is 208 g/mol. The number of nitrogens with zero attached hydrogens (tertiary/aromatic N) is 2. The SMILES string of the molecule is COC(=NCl)c1ccc([N+](=O)[O-])cc1. The number of ether oxygens (including phenoxy) is 1. The van der Waals surface area contributed by atoms with Crippen molar-refractivity contribution in [2.24, 2.45) is 4.51 Å². The highest BCUT2D eigenvalue weighted by atomic mass is 35.5. The van der Waals surface area contributed by atoms with Gasteiger partial charge in [0, 0.05) is 29.5 Å². The molecule has 0 N–H and O–H groups in total. The van der Waals surface area contributed by atoms with Crippen molar-refractivity contribution in [2.45, 2.75) is 0 Å². The van der Waals surface area contributed by atoms with Gasteiger partial charge in [0.1, 0.15) is 0 Å². The van der Waals surface area contributed by atoms with E-state index in [0.29, 0.717) is 5.56 Å². The van der Waals surface area contributed by atoms with Crippen LogP contribution < -0.4 is 0 Å². The largest absolute Gasteiger partial charge is 0.480 e. The molecule has 74 valence electrons. The van der Waals surface area contributed by atoms with Crippen molar-refractivity contribution >= 4 is 23.4 Å². The molecule has 0 aliphatic carbocycles. The second-order valence-corrected chi connectivity index (χ2v) is 2.57. The molecule has 0 spiro atoms. The van der Waals surface area contributed by atoms with Gasteiger partial charge < -0.3 is 4.74 Å². The van der Waals surface area contributed by atoms with Crippen LogP contribution in [0.2, 0.25) is 0 Å². The molecule has 1 rings (SSSR count). The van der Waals surface area contributed by atoms with E-state index in [2.05, 4.69) is 4.51 Å². The predicted octanol–water partition coefficient (Wildman–Crippen LogP) is 2.14. The number of methoxy groups -OCH3 is 1. The molecule has 0 heterocycles. The van der Waals surface area contributed by atoms with Crippen LogP contribution in [0.5, 0.6) is 0 Å². The lowest BCUT2D eigenvalue weighted by Gasteiger charge is -2.01. The summed E-state index contributed by atoms with van der Waals surface area (Å²) in [6.45, 7) is 0. The van der Waals surface area contributed by atoms with Crippen LogP contribution >= 0.6 is 11.8 Å². The average Bonchev–Trinajstić information content (AvgIpc) is 2.20. The minimum Gasteiger partial charge on any atom is -0.480 e. The van der Waals surface area contributed by atoms with Gasteiger partial charge >= 0.3 is 0 Å². The average molecular weight is 215 g/mol. The number of rotatable bonds is 2. The van der Waals surface area contributed by atoms with E-state index in [1.165, 1.54) is 31.4 Å². The van der Waals surface area contributed by atoms with Crippen molar-refractivity contribution in [3.63, 3.8) is 0 Å². The molecule has 1 aromatic rings. The molecule has 0 bridgehead atoms. The van der Waals surface area contributed by atoms with Gasteiger partial charge in [-0.15, -0.1) is 4.51 Å². The Balaban J connectivity index is 2.99. The van der Waals surface area contributed by atoms with Crippen LogP contribution in [-0.2, 0) is 4.74 Å². The Labute approximate surface area is 85.2 Å². The van der Waals surface area contributed by atoms with Crippen LogP contribution in [0.1, 0.15) is 5.56 Å². The lowest BCUT2D eigenvalue weighted by Crippen LogP contribution is -2.01. The summed E-state index contributed by atoms with van der Waals surface area (Å²) in [5, 5.41) is 10.3. The molecule has 0 saturated carbocycles. The first-order valence-corrected chi connectivity index (χ1v) is 4.00. The summed E-state index contributed by atoms with van der Waals surface area (Å²) in [6.07, 6.45) is 0. The van der Waals surface area contributed by atoms with E-state index in [9.17, 15) is 10.1 Å². The van der Waals surface area contributed by atoms with E-state index in [0.717, 1.165) is 0 Å². The minimum atomic E-state index is -0.478. The summed E-state index contributed by atoms with van der Waals surface area (Å²) < 4.78 is 8.18. The summed E-state index contributed by atoms with van der Waals surface area (Å²) in [6, 6.07) is 5.75. The molecule has 0 aromatic heterocycles. The third-order valence-corrected chi connectivity index (χ3v) is 1.75. The molecular formula is C8H7ClN2O3. The van der Waals surface area contributed by atoms with Crippen molar-refractivity contribution in [2.75, 3.05) is 7.11 Å². The number of nitro benzene ring substituents is 1. The van der Waals surface area contributed by atoms with Crippen LogP contribution in [-0.4, -0.2) is 17.9 Å². The Morgan fingerprint density at radius 3 is 2.43 bits per heavy atom. The van der Waals surface area contributed by atoms with Gasteiger partial charge in [-0.1, -0.05) is 0 Å². The van der Waals surface area contributed by atoms with E-state index in [-0.39, 0.29) is 11.6 Å². The zero-order valence-electron chi connectivity index (χ0n) is 7.31. The quantitative estimate of drug-likeness (QED) is 0.328. The monoisotopic (exact) mass is 214 g/mol. The van der Waals surface area contributed by atoms with E-state index >= 15 is 0 Å². The third-order valence-electron chi connectivity index (χ3n) is 1.60.